The van der Waals surface area contributed by atoms with Gasteiger partial charge < -0.3 is 22.7 Å². The largest absolute Gasteiger partial charge is 1.00 e. The first-order valence-electron chi connectivity index (χ1n) is 5.68. The third-order valence-corrected chi connectivity index (χ3v) is 3.45. The Hall–Kier alpha value is -1.46. The van der Waals surface area contributed by atoms with Crippen molar-refractivity contribution < 1.29 is 12.4 Å². The van der Waals surface area contributed by atoms with Crippen LogP contribution in [-0.4, -0.2) is 14.7 Å². The summed E-state index contributed by atoms with van der Waals surface area (Å²) < 4.78 is 2.16. The zero-order valence-corrected chi connectivity index (χ0v) is 12.2. The number of amidine groups is 1. The number of nitrogens with one attached hydrogen (secondary N) is 1. The lowest BCUT2D eigenvalue weighted by atomic mass is 10.2. The Morgan fingerprint density at radius 3 is 2.68 bits per heavy atom. The molecule has 6 heteroatoms. The lowest BCUT2D eigenvalue weighted by Gasteiger charge is -2.10. The molecule has 4 nitrogen and oxygen atoms in total. The van der Waals surface area contributed by atoms with E-state index in [4.69, 9.17) is 11.1 Å². The van der Waals surface area contributed by atoms with Crippen LogP contribution >= 0.6 is 11.8 Å². The summed E-state index contributed by atoms with van der Waals surface area (Å²) in [6.07, 6.45) is 1.86. The zero-order chi connectivity index (χ0) is 13.0. The number of hydrogen-bond donors (Lipinski definition) is 2. The minimum atomic E-state index is 0. The van der Waals surface area contributed by atoms with Crippen LogP contribution in [0.3, 0.4) is 0 Å². The van der Waals surface area contributed by atoms with Crippen LogP contribution in [0.2, 0.25) is 0 Å². The number of aryl methyl sites for hydroxylation is 1. The Morgan fingerprint density at radius 2 is 2.05 bits per heavy atom. The van der Waals surface area contributed by atoms with Crippen molar-refractivity contribution in [3.05, 3.63) is 53.6 Å². The minimum absolute atomic E-state index is 0. The third kappa shape index (κ3) is 4.29. The number of aromatic nitrogens is 2. The second kappa shape index (κ2) is 7.21. The van der Waals surface area contributed by atoms with Crippen LogP contribution in [0.25, 0.3) is 0 Å². The summed E-state index contributed by atoms with van der Waals surface area (Å²) in [5.74, 6) is 1.67. The molecular weight excluding hydrogens is 280 g/mol. The number of halogens is 1. The Balaban J connectivity index is 0.00000180. The first-order valence-corrected chi connectivity index (χ1v) is 6.67. The molecule has 0 unspecified atom stereocenters. The van der Waals surface area contributed by atoms with Gasteiger partial charge in [-0.15, -0.1) is 0 Å². The molecule has 0 amide bonds. The number of nitrogens with zero attached hydrogens (tertiary/aromatic N) is 2. The van der Waals surface area contributed by atoms with Gasteiger partial charge >= 0.3 is 0 Å². The second-order valence-electron chi connectivity index (χ2n) is 4.02. The lowest BCUT2D eigenvalue weighted by molar-refractivity contribution is -0.00000418. The zero-order valence-electron chi connectivity index (χ0n) is 10.6. The lowest BCUT2D eigenvalue weighted by Crippen LogP contribution is -3.00. The molecule has 0 fully saturated rings. The summed E-state index contributed by atoms with van der Waals surface area (Å²) in [6, 6.07) is 10.3. The predicted molar refractivity (Wildman–Crippen MR) is 75.7 cm³/mol. The fourth-order valence-corrected chi connectivity index (χ4v) is 2.30. The maximum absolute atomic E-state index is 7.25. The normalized spacial score (nSPS) is 9.95. The number of imidazole rings is 1. The molecule has 2 rings (SSSR count). The molecule has 102 valence electrons. The molecule has 0 bridgehead atoms. The highest BCUT2D eigenvalue weighted by Crippen LogP contribution is 2.15. The van der Waals surface area contributed by atoms with Crippen molar-refractivity contribution in [3.63, 3.8) is 0 Å². The van der Waals surface area contributed by atoms with Crippen LogP contribution in [-0.2, 0) is 12.3 Å². The summed E-state index contributed by atoms with van der Waals surface area (Å²) >= 11 is 1.32. The second-order valence-corrected chi connectivity index (χ2v) is 5.04. The average Bonchev–Trinajstić information content (AvgIpc) is 2.70. The van der Waals surface area contributed by atoms with Crippen molar-refractivity contribution in [3.8, 4) is 0 Å². The van der Waals surface area contributed by atoms with Crippen molar-refractivity contribution >= 4 is 16.9 Å². The molecular formula is C13H16ClN4S-. The van der Waals surface area contributed by atoms with Gasteiger partial charge in [-0.05, 0) is 12.5 Å². The molecule has 19 heavy (non-hydrogen) atoms. The summed E-state index contributed by atoms with van der Waals surface area (Å²) in [5.41, 5.74) is 7.70. The number of rotatable bonds is 4. The van der Waals surface area contributed by atoms with E-state index in [1.165, 1.54) is 17.3 Å². The van der Waals surface area contributed by atoms with E-state index in [1.807, 2.05) is 31.3 Å². The Morgan fingerprint density at radius 1 is 1.37 bits per heavy atom. The highest BCUT2D eigenvalue weighted by Gasteiger charge is 2.07. The van der Waals surface area contributed by atoms with Crippen molar-refractivity contribution in [1.82, 2.24) is 9.55 Å². The number of hydrogen-bond acceptors (Lipinski definition) is 3. The summed E-state index contributed by atoms with van der Waals surface area (Å²) in [5, 5.41) is 7.39. The van der Waals surface area contributed by atoms with Crippen LogP contribution in [0, 0.1) is 12.3 Å². The minimum Gasteiger partial charge on any atom is -1.00 e. The molecule has 0 spiro atoms. The topological polar surface area (TPSA) is 67.7 Å². The third-order valence-electron chi connectivity index (χ3n) is 2.70. The highest BCUT2D eigenvalue weighted by molar-refractivity contribution is 8.13. The molecule has 0 aliphatic carbocycles. The highest BCUT2D eigenvalue weighted by atomic mass is 35.5. The van der Waals surface area contributed by atoms with E-state index >= 15 is 0 Å². The molecule has 1 aromatic heterocycles. The van der Waals surface area contributed by atoms with Crippen molar-refractivity contribution in [2.75, 3.05) is 0 Å². The molecule has 2 aromatic rings. The molecule has 1 aromatic carbocycles. The van der Waals surface area contributed by atoms with E-state index in [0.29, 0.717) is 5.75 Å². The predicted octanol–water partition coefficient (Wildman–Crippen LogP) is -0.630. The Bertz CT molecular complexity index is 539. The SMILES string of the molecule is Cc1ncc(CSC(=N)N)n1Cc1ccccc1.[Cl-]. The fraction of sp³-hybridized carbons (Fsp3) is 0.231. The smallest absolute Gasteiger partial charge is 0.151 e. The van der Waals surface area contributed by atoms with E-state index in [1.54, 1.807) is 0 Å². The maximum Gasteiger partial charge on any atom is 0.151 e. The first-order chi connectivity index (χ1) is 8.66. The quantitative estimate of drug-likeness (QED) is 0.583. The molecule has 0 aliphatic heterocycles. The van der Waals surface area contributed by atoms with Crippen molar-refractivity contribution in [2.24, 2.45) is 5.73 Å². The summed E-state index contributed by atoms with van der Waals surface area (Å²) in [7, 11) is 0. The van der Waals surface area contributed by atoms with Gasteiger partial charge in [0.1, 0.15) is 5.82 Å². The van der Waals surface area contributed by atoms with Crippen LogP contribution in [0.4, 0.5) is 0 Å². The van der Waals surface area contributed by atoms with E-state index in [-0.39, 0.29) is 17.6 Å². The Labute approximate surface area is 123 Å². The van der Waals surface area contributed by atoms with Crippen LogP contribution in [0.15, 0.2) is 36.5 Å². The maximum atomic E-state index is 7.25. The first kappa shape index (κ1) is 15.6. The Kier molecular flexibility index (Phi) is 5.92. The van der Waals surface area contributed by atoms with E-state index in [0.717, 1.165) is 18.1 Å². The van der Waals surface area contributed by atoms with Gasteiger partial charge in [-0.2, -0.15) is 0 Å². The van der Waals surface area contributed by atoms with E-state index in [2.05, 4.69) is 21.7 Å². The van der Waals surface area contributed by atoms with Crippen LogP contribution in [0.5, 0.6) is 0 Å². The summed E-state index contributed by atoms with van der Waals surface area (Å²) in [4.78, 5) is 4.33. The van der Waals surface area contributed by atoms with E-state index in [9.17, 15) is 0 Å². The molecule has 3 N–H and O–H groups in total. The van der Waals surface area contributed by atoms with E-state index < -0.39 is 0 Å². The fourth-order valence-electron chi connectivity index (χ4n) is 1.76. The van der Waals surface area contributed by atoms with Gasteiger partial charge in [-0.3, -0.25) is 5.41 Å². The van der Waals surface area contributed by atoms with Gasteiger partial charge in [0, 0.05) is 24.2 Å². The van der Waals surface area contributed by atoms with Crippen LogP contribution < -0.4 is 18.1 Å². The van der Waals surface area contributed by atoms with Gasteiger partial charge in [-0.1, -0.05) is 42.1 Å². The van der Waals surface area contributed by atoms with Crippen molar-refractivity contribution in [2.45, 2.75) is 19.2 Å². The van der Waals surface area contributed by atoms with Gasteiger partial charge in [0.2, 0.25) is 0 Å². The van der Waals surface area contributed by atoms with Crippen LogP contribution in [0.1, 0.15) is 17.1 Å². The number of thioether (sulfide) groups is 1. The number of nitrogens with two attached hydrogens (primary N) is 1. The average molecular weight is 296 g/mol. The standard InChI is InChI=1S/C13H16N4S.ClH/c1-10-16-7-12(9-18-13(14)15)17(10)8-11-5-3-2-4-6-11;/h2-7H,8-9H2,1H3,(H3,14,15);1H/p-1. The van der Waals surface area contributed by atoms with Crippen molar-refractivity contribution in [1.29, 1.82) is 5.41 Å². The molecule has 1 heterocycles. The molecule has 0 radical (unpaired) electrons. The molecule has 0 saturated carbocycles. The molecule has 0 saturated heterocycles. The molecule has 0 aliphatic rings. The van der Waals surface area contributed by atoms with Gasteiger partial charge in [0.05, 0.1) is 0 Å². The number of benzene rings is 1. The monoisotopic (exact) mass is 295 g/mol. The van der Waals surface area contributed by atoms with Gasteiger partial charge in [0.25, 0.3) is 0 Å². The van der Waals surface area contributed by atoms with Gasteiger partial charge in [-0.25, -0.2) is 4.98 Å². The molecule has 0 atom stereocenters. The summed E-state index contributed by atoms with van der Waals surface area (Å²) in [6.45, 7) is 2.80. The van der Waals surface area contributed by atoms with Gasteiger partial charge in [0.15, 0.2) is 5.17 Å².